The Kier molecular flexibility index (Phi) is 10.3. The Morgan fingerprint density at radius 1 is 0.632 bits per heavy atom. The van der Waals surface area contributed by atoms with Gasteiger partial charge in [-0.3, -0.25) is 0 Å². The third-order valence-corrected chi connectivity index (χ3v) is 8.48. The van der Waals surface area contributed by atoms with Crippen LogP contribution in [0.3, 0.4) is 0 Å². The first-order valence-corrected chi connectivity index (χ1v) is 14.4. The van der Waals surface area contributed by atoms with Crippen molar-refractivity contribution in [2.75, 3.05) is 0 Å². The summed E-state index contributed by atoms with van der Waals surface area (Å²) in [6, 6.07) is 13.4. The van der Waals surface area contributed by atoms with Crippen LogP contribution >= 0.6 is 11.6 Å². The smallest absolute Gasteiger partial charge is 0.145 e. The van der Waals surface area contributed by atoms with Gasteiger partial charge in [-0.15, -0.1) is 0 Å². The van der Waals surface area contributed by atoms with E-state index in [4.69, 9.17) is 11.6 Å². The van der Waals surface area contributed by atoms with Crippen molar-refractivity contribution < 1.29 is 17.6 Å². The fraction of sp³-hybridized carbons (Fsp3) is 0.455. The molecule has 3 aromatic rings. The van der Waals surface area contributed by atoms with Crippen molar-refractivity contribution in [2.24, 2.45) is 11.8 Å². The molecule has 0 spiro atoms. The zero-order chi connectivity index (χ0) is 27.1. The first kappa shape index (κ1) is 28.7. The van der Waals surface area contributed by atoms with Crippen LogP contribution in [-0.2, 0) is 19.3 Å². The number of unbranched alkanes of at least 4 members (excludes halogenated alkanes) is 2. The van der Waals surface area contributed by atoms with E-state index in [-0.39, 0.29) is 5.56 Å². The van der Waals surface area contributed by atoms with Crippen molar-refractivity contribution in [1.82, 2.24) is 0 Å². The van der Waals surface area contributed by atoms with Crippen LogP contribution < -0.4 is 0 Å². The summed E-state index contributed by atoms with van der Waals surface area (Å²) in [7, 11) is 0. The summed E-state index contributed by atoms with van der Waals surface area (Å²) in [5.41, 5.74) is 2.79. The summed E-state index contributed by atoms with van der Waals surface area (Å²) in [5.74, 6) is -2.44. The number of rotatable bonds is 11. The van der Waals surface area contributed by atoms with Gasteiger partial charge in [0, 0.05) is 0 Å². The molecule has 3 aromatic carbocycles. The molecular formula is C33H37ClF4. The topological polar surface area (TPSA) is 0 Å². The van der Waals surface area contributed by atoms with E-state index in [1.807, 2.05) is 0 Å². The maximum Gasteiger partial charge on any atom is 0.145 e. The lowest BCUT2D eigenvalue weighted by atomic mass is 9.77. The molecule has 1 aliphatic rings. The minimum absolute atomic E-state index is 0.202. The second-order valence-corrected chi connectivity index (χ2v) is 11.3. The van der Waals surface area contributed by atoms with Gasteiger partial charge in [0.15, 0.2) is 0 Å². The van der Waals surface area contributed by atoms with Gasteiger partial charge in [0.2, 0.25) is 0 Å². The quantitative estimate of drug-likeness (QED) is 0.128. The van der Waals surface area contributed by atoms with Gasteiger partial charge in [-0.1, -0.05) is 81.3 Å². The Bertz CT molecular complexity index is 1150. The molecule has 0 amide bonds. The zero-order valence-corrected chi connectivity index (χ0v) is 22.9. The Morgan fingerprint density at radius 3 is 1.61 bits per heavy atom. The molecule has 0 bridgehead atoms. The number of hydrogen-bond donors (Lipinski definition) is 0. The minimum atomic E-state index is -1.05. The van der Waals surface area contributed by atoms with E-state index in [0.717, 1.165) is 43.7 Å². The fourth-order valence-electron chi connectivity index (χ4n) is 5.75. The van der Waals surface area contributed by atoms with Gasteiger partial charge in [-0.05, 0) is 96.9 Å². The van der Waals surface area contributed by atoms with Crippen LogP contribution in [0, 0.1) is 35.1 Å². The Hall–Kier alpha value is -2.33. The van der Waals surface area contributed by atoms with Crippen LogP contribution in [0.5, 0.6) is 0 Å². The van der Waals surface area contributed by atoms with Crippen molar-refractivity contribution in [3.63, 3.8) is 0 Å². The van der Waals surface area contributed by atoms with Gasteiger partial charge >= 0.3 is 0 Å². The number of hydrogen-bond acceptors (Lipinski definition) is 0. The normalized spacial score (nSPS) is 17.6. The summed E-state index contributed by atoms with van der Waals surface area (Å²) >= 11 is 5.50. The van der Waals surface area contributed by atoms with Crippen LogP contribution in [0.15, 0.2) is 48.5 Å². The second-order valence-electron chi connectivity index (χ2n) is 10.9. The number of aryl methyl sites for hydroxylation is 3. The van der Waals surface area contributed by atoms with Gasteiger partial charge in [-0.25, -0.2) is 17.6 Å². The molecule has 5 heteroatoms. The summed E-state index contributed by atoms with van der Waals surface area (Å²) < 4.78 is 57.2. The first-order chi connectivity index (χ1) is 18.3. The second kappa shape index (κ2) is 13.6. The lowest BCUT2D eigenvalue weighted by molar-refractivity contribution is 0.253. The van der Waals surface area contributed by atoms with E-state index in [1.165, 1.54) is 68.2 Å². The molecule has 0 aliphatic heterocycles. The van der Waals surface area contributed by atoms with Crippen molar-refractivity contribution in [3.05, 3.63) is 93.5 Å². The molecule has 1 saturated carbocycles. The van der Waals surface area contributed by atoms with Crippen LogP contribution in [0.4, 0.5) is 17.6 Å². The maximum absolute atomic E-state index is 14.8. The molecule has 0 heterocycles. The molecule has 0 atom stereocenters. The molecule has 0 saturated heterocycles. The van der Waals surface area contributed by atoms with Crippen LogP contribution in [-0.4, -0.2) is 0 Å². The highest BCUT2D eigenvalue weighted by Gasteiger charge is 2.22. The summed E-state index contributed by atoms with van der Waals surface area (Å²) in [6.45, 7) is 2.23. The van der Waals surface area contributed by atoms with Gasteiger partial charge in [0.1, 0.15) is 28.3 Å². The monoisotopic (exact) mass is 544 g/mol. The van der Waals surface area contributed by atoms with Crippen LogP contribution in [0.1, 0.15) is 81.4 Å². The zero-order valence-electron chi connectivity index (χ0n) is 22.1. The molecule has 0 aromatic heterocycles. The molecule has 0 radical (unpaired) electrons. The van der Waals surface area contributed by atoms with Crippen LogP contribution in [0.2, 0.25) is 5.02 Å². The molecule has 4 rings (SSSR count). The van der Waals surface area contributed by atoms with E-state index < -0.39 is 33.9 Å². The molecule has 38 heavy (non-hydrogen) atoms. The van der Waals surface area contributed by atoms with Gasteiger partial charge in [0.05, 0.1) is 5.56 Å². The van der Waals surface area contributed by atoms with E-state index in [9.17, 15) is 17.6 Å². The van der Waals surface area contributed by atoms with E-state index >= 15 is 0 Å². The molecule has 0 N–H and O–H groups in total. The molecule has 0 unspecified atom stereocenters. The van der Waals surface area contributed by atoms with Crippen LogP contribution in [0.25, 0.3) is 11.1 Å². The van der Waals surface area contributed by atoms with Gasteiger partial charge in [-0.2, -0.15) is 0 Å². The number of benzene rings is 3. The minimum Gasteiger partial charge on any atom is -0.206 e. The largest absolute Gasteiger partial charge is 0.206 e. The van der Waals surface area contributed by atoms with Gasteiger partial charge < -0.3 is 0 Å². The summed E-state index contributed by atoms with van der Waals surface area (Å²) in [6.07, 6.45) is 13.5. The highest BCUT2D eigenvalue weighted by atomic mass is 35.5. The SMILES string of the molecule is CCCCCc1ccc(CCC2CCC(CCc3cc(F)c(-c4cc(F)c(Cl)c(F)c4)c(F)c3)CC2)cc1. The lowest BCUT2D eigenvalue weighted by Gasteiger charge is -2.28. The molecule has 0 nitrogen and oxygen atoms in total. The maximum atomic E-state index is 14.8. The average Bonchev–Trinajstić information content (AvgIpc) is 2.90. The first-order valence-electron chi connectivity index (χ1n) is 14.0. The molecular weight excluding hydrogens is 508 g/mol. The highest BCUT2D eigenvalue weighted by Crippen LogP contribution is 2.35. The van der Waals surface area contributed by atoms with Crippen molar-refractivity contribution >= 4 is 11.6 Å². The third kappa shape index (κ3) is 7.62. The molecule has 1 fully saturated rings. The fourth-order valence-corrected chi connectivity index (χ4v) is 5.86. The summed E-state index contributed by atoms with van der Waals surface area (Å²) in [5, 5.41) is -0.687. The highest BCUT2D eigenvalue weighted by molar-refractivity contribution is 6.31. The standard InChI is InChI=1S/C33H37ClF4/c1-2-3-4-5-22-6-8-23(9-7-22)10-11-24-12-14-25(15-13-24)16-17-26-18-28(35)32(29(36)19-26)27-20-30(37)33(34)31(38)21-27/h6-9,18-21,24-25H,2-5,10-17H2,1H3. The van der Waals surface area contributed by atoms with Gasteiger partial charge in [0.25, 0.3) is 0 Å². The molecule has 1 aliphatic carbocycles. The Balaban J connectivity index is 1.23. The number of halogens is 5. The van der Waals surface area contributed by atoms with E-state index in [0.29, 0.717) is 17.9 Å². The van der Waals surface area contributed by atoms with E-state index in [2.05, 4.69) is 31.2 Å². The van der Waals surface area contributed by atoms with E-state index in [1.54, 1.807) is 0 Å². The predicted octanol–water partition coefficient (Wildman–Crippen LogP) is 10.7. The third-order valence-electron chi connectivity index (χ3n) is 8.12. The Morgan fingerprint density at radius 2 is 1.11 bits per heavy atom. The average molecular weight is 545 g/mol. The van der Waals surface area contributed by atoms with Crippen molar-refractivity contribution in [2.45, 2.75) is 84.0 Å². The molecule has 204 valence electrons. The van der Waals surface area contributed by atoms with Crippen molar-refractivity contribution in [3.8, 4) is 11.1 Å². The Labute approximate surface area is 229 Å². The lowest BCUT2D eigenvalue weighted by Crippen LogP contribution is -2.16. The predicted molar refractivity (Wildman–Crippen MR) is 148 cm³/mol. The summed E-state index contributed by atoms with van der Waals surface area (Å²) in [4.78, 5) is 0. The van der Waals surface area contributed by atoms with Crippen molar-refractivity contribution in [1.29, 1.82) is 0 Å².